The van der Waals surface area contributed by atoms with E-state index in [0.29, 0.717) is 12.3 Å². The van der Waals surface area contributed by atoms with Crippen LogP contribution in [0.4, 0.5) is 0 Å². The Morgan fingerprint density at radius 3 is 2.00 bits per heavy atom. The molecule has 0 unspecified atom stereocenters. The van der Waals surface area contributed by atoms with E-state index in [1.165, 1.54) is 0 Å². The summed E-state index contributed by atoms with van der Waals surface area (Å²) in [6.45, 7) is 4.28. The quantitative estimate of drug-likeness (QED) is 0.500. The highest BCUT2D eigenvalue weighted by Crippen LogP contribution is 2.14. The lowest BCUT2D eigenvalue weighted by Gasteiger charge is -2.13. The molecule has 0 aliphatic rings. The number of carbonyl (C=O) groups excluding carboxylic acids is 2. The molecule has 2 N–H and O–H groups in total. The van der Waals surface area contributed by atoms with Crippen molar-refractivity contribution in [1.29, 1.82) is 0 Å². The molecule has 0 fully saturated rings. The number of carbonyl (C=O) groups is 2. The number of esters is 2. The van der Waals surface area contributed by atoms with Crippen LogP contribution in [-0.4, -0.2) is 42.7 Å². The Bertz CT molecular complexity index is 192. The molecule has 0 aromatic heterocycles. The van der Waals surface area contributed by atoms with Crippen molar-refractivity contribution in [3.05, 3.63) is 0 Å². The van der Waals surface area contributed by atoms with Gasteiger partial charge >= 0.3 is 11.9 Å². The van der Waals surface area contributed by atoms with Crippen molar-refractivity contribution in [1.82, 2.24) is 0 Å². The van der Waals surface area contributed by atoms with Crippen molar-refractivity contribution < 1.29 is 19.1 Å². The zero-order chi connectivity index (χ0) is 11.7. The molecule has 0 saturated carbocycles. The molecule has 15 heavy (non-hydrogen) atoms. The molecule has 0 aliphatic carbocycles. The van der Waals surface area contributed by atoms with Gasteiger partial charge in [0.1, 0.15) is 0 Å². The van der Waals surface area contributed by atoms with Crippen LogP contribution in [0.5, 0.6) is 0 Å². The molecule has 0 spiro atoms. The minimum Gasteiger partial charge on any atom is -0.465 e. The molecule has 5 nitrogen and oxygen atoms in total. The highest BCUT2D eigenvalue weighted by molar-refractivity contribution is 8.01. The van der Waals surface area contributed by atoms with Crippen LogP contribution >= 0.6 is 11.8 Å². The van der Waals surface area contributed by atoms with E-state index in [9.17, 15) is 9.59 Å². The standard InChI is InChI=1S/C9H17NO4S/c1-3-13-8(11)7(15-6-5-10)9(12)14-4-2/h7H,3-6,10H2,1-2H3. The Hall–Kier alpha value is -0.750. The molecule has 6 heteroatoms. The van der Waals surface area contributed by atoms with Gasteiger partial charge in [0.2, 0.25) is 0 Å². The van der Waals surface area contributed by atoms with Crippen molar-refractivity contribution in [2.24, 2.45) is 5.73 Å². The fraction of sp³-hybridized carbons (Fsp3) is 0.778. The number of hydrogen-bond donors (Lipinski definition) is 1. The molecule has 0 atom stereocenters. The van der Waals surface area contributed by atoms with Crippen LogP contribution in [0.2, 0.25) is 0 Å². The summed E-state index contributed by atoms with van der Waals surface area (Å²) >= 11 is 1.14. The molecule has 0 aromatic carbocycles. The molecule has 0 saturated heterocycles. The Morgan fingerprint density at radius 2 is 1.67 bits per heavy atom. The molecule has 0 aliphatic heterocycles. The Balaban J connectivity index is 4.28. The van der Waals surface area contributed by atoms with Gasteiger partial charge in [-0.1, -0.05) is 0 Å². The smallest absolute Gasteiger partial charge is 0.330 e. The van der Waals surface area contributed by atoms with Gasteiger partial charge < -0.3 is 15.2 Å². The van der Waals surface area contributed by atoms with Crippen LogP contribution in [0.25, 0.3) is 0 Å². The number of nitrogens with two attached hydrogens (primary N) is 1. The third-order valence-electron chi connectivity index (χ3n) is 1.40. The van der Waals surface area contributed by atoms with Crippen molar-refractivity contribution in [3.63, 3.8) is 0 Å². The summed E-state index contributed by atoms with van der Waals surface area (Å²) < 4.78 is 9.53. The summed E-state index contributed by atoms with van der Waals surface area (Å²) in [5.74, 6) is -0.605. The minimum atomic E-state index is -0.909. The van der Waals surface area contributed by atoms with Crippen molar-refractivity contribution in [3.8, 4) is 0 Å². The number of hydrogen-bond acceptors (Lipinski definition) is 6. The van der Waals surface area contributed by atoms with Gasteiger partial charge in [-0.2, -0.15) is 0 Å². The molecule has 0 radical (unpaired) electrons. The van der Waals surface area contributed by atoms with Gasteiger partial charge in [0.05, 0.1) is 13.2 Å². The van der Waals surface area contributed by atoms with Crippen molar-refractivity contribution in [2.45, 2.75) is 19.1 Å². The van der Waals surface area contributed by atoms with Crippen LogP contribution in [0, 0.1) is 0 Å². The first kappa shape index (κ1) is 14.2. The molecule has 0 amide bonds. The third kappa shape index (κ3) is 5.64. The van der Waals surface area contributed by atoms with Gasteiger partial charge in [-0.3, -0.25) is 9.59 Å². The van der Waals surface area contributed by atoms with E-state index in [1.807, 2.05) is 0 Å². The van der Waals surface area contributed by atoms with E-state index in [2.05, 4.69) is 0 Å². The van der Waals surface area contributed by atoms with Gasteiger partial charge in [-0.25, -0.2) is 0 Å². The fourth-order valence-electron chi connectivity index (χ4n) is 0.854. The fourth-order valence-corrected chi connectivity index (χ4v) is 1.63. The molecular formula is C9H17NO4S. The topological polar surface area (TPSA) is 78.6 Å². The Morgan fingerprint density at radius 1 is 1.20 bits per heavy atom. The highest BCUT2D eigenvalue weighted by Gasteiger charge is 2.29. The molecular weight excluding hydrogens is 218 g/mol. The zero-order valence-corrected chi connectivity index (χ0v) is 9.84. The van der Waals surface area contributed by atoms with Crippen molar-refractivity contribution in [2.75, 3.05) is 25.5 Å². The van der Waals surface area contributed by atoms with Gasteiger partial charge in [-0.05, 0) is 13.8 Å². The molecule has 0 bridgehead atoms. The van der Waals surface area contributed by atoms with E-state index in [0.717, 1.165) is 11.8 Å². The Labute approximate surface area is 93.7 Å². The lowest BCUT2D eigenvalue weighted by molar-refractivity contribution is -0.152. The van der Waals surface area contributed by atoms with E-state index in [4.69, 9.17) is 15.2 Å². The van der Waals surface area contributed by atoms with Gasteiger partial charge in [0.25, 0.3) is 0 Å². The predicted molar refractivity (Wildman–Crippen MR) is 58.6 cm³/mol. The van der Waals surface area contributed by atoms with Crippen LogP contribution < -0.4 is 5.73 Å². The van der Waals surface area contributed by atoms with Gasteiger partial charge in [0, 0.05) is 12.3 Å². The average Bonchev–Trinajstić information content (AvgIpc) is 2.19. The average molecular weight is 235 g/mol. The van der Waals surface area contributed by atoms with Gasteiger partial charge in [-0.15, -0.1) is 11.8 Å². The van der Waals surface area contributed by atoms with Crippen LogP contribution in [0.1, 0.15) is 13.8 Å². The van der Waals surface area contributed by atoms with E-state index in [1.54, 1.807) is 13.8 Å². The first-order valence-corrected chi connectivity index (χ1v) is 5.87. The van der Waals surface area contributed by atoms with E-state index in [-0.39, 0.29) is 13.2 Å². The van der Waals surface area contributed by atoms with Gasteiger partial charge in [0.15, 0.2) is 5.25 Å². The molecule has 88 valence electrons. The first-order chi connectivity index (χ1) is 7.17. The summed E-state index contributed by atoms with van der Waals surface area (Å²) in [4.78, 5) is 22.8. The summed E-state index contributed by atoms with van der Waals surface area (Å²) in [5.41, 5.74) is 5.30. The summed E-state index contributed by atoms with van der Waals surface area (Å²) in [6.07, 6.45) is 0. The maximum atomic E-state index is 11.4. The van der Waals surface area contributed by atoms with Crippen LogP contribution in [0.3, 0.4) is 0 Å². The lowest BCUT2D eigenvalue weighted by atomic mass is 10.4. The SMILES string of the molecule is CCOC(=O)C(SCCN)C(=O)OCC. The second kappa shape index (κ2) is 8.55. The predicted octanol–water partition coefficient (Wildman–Crippen LogP) is 0.173. The summed E-state index contributed by atoms with van der Waals surface area (Å²) in [7, 11) is 0. The van der Waals surface area contributed by atoms with Crippen LogP contribution in [-0.2, 0) is 19.1 Å². The summed E-state index contributed by atoms with van der Waals surface area (Å²) in [6, 6.07) is 0. The second-order valence-corrected chi connectivity index (χ2v) is 3.76. The zero-order valence-electron chi connectivity index (χ0n) is 9.02. The largest absolute Gasteiger partial charge is 0.465 e. The molecule has 0 rings (SSSR count). The minimum absolute atomic E-state index is 0.248. The number of rotatable bonds is 7. The molecule has 0 aromatic rings. The maximum Gasteiger partial charge on any atom is 0.330 e. The lowest BCUT2D eigenvalue weighted by Crippen LogP contribution is -2.31. The third-order valence-corrected chi connectivity index (χ3v) is 2.59. The first-order valence-electron chi connectivity index (χ1n) is 4.82. The van der Waals surface area contributed by atoms with E-state index < -0.39 is 17.2 Å². The van der Waals surface area contributed by atoms with E-state index >= 15 is 0 Å². The highest BCUT2D eigenvalue weighted by atomic mass is 32.2. The monoisotopic (exact) mass is 235 g/mol. The summed E-state index contributed by atoms with van der Waals surface area (Å²) in [5, 5.41) is -0.909. The number of thioether (sulfide) groups is 1. The Kier molecular flexibility index (Phi) is 8.12. The van der Waals surface area contributed by atoms with Crippen LogP contribution in [0.15, 0.2) is 0 Å². The normalized spacial score (nSPS) is 10.1. The van der Waals surface area contributed by atoms with Crippen molar-refractivity contribution >= 4 is 23.7 Å². The molecule has 0 heterocycles. The second-order valence-electron chi connectivity index (χ2n) is 2.54. The number of ether oxygens (including phenoxy) is 2. The maximum absolute atomic E-state index is 11.4.